The molecule has 0 heterocycles. The van der Waals surface area contributed by atoms with Crippen LogP contribution in [0.2, 0.25) is 0 Å². The predicted molar refractivity (Wildman–Crippen MR) is 101 cm³/mol. The zero-order chi connectivity index (χ0) is 25.1. The molecule has 0 saturated carbocycles. The van der Waals surface area contributed by atoms with Crippen LogP contribution in [0.5, 0.6) is 0 Å². The van der Waals surface area contributed by atoms with E-state index in [4.69, 9.17) is 4.55 Å². The van der Waals surface area contributed by atoms with Crippen molar-refractivity contribution in [2.75, 3.05) is 0 Å². The Morgan fingerprint density at radius 2 is 1.06 bits per heavy atom. The van der Waals surface area contributed by atoms with Gasteiger partial charge in [0.25, 0.3) is 0 Å². The molecule has 180 valence electrons. The number of benzene rings is 1. The fourth-order valence-electron chi connectivity index (χ4n) is 2.26. The molecule has 0 aliphatic rings. The Bertz CT molecular complexity index is 898. The molecule has 13 heteroatoms. The van der Waals surface area contributed by atoms with Crippen LogP contribution in [0.25, 0.3) is 0 Å². The summed E-state index contributed by atoms with van der Waals surface area (Å²) in [6, 6.07) is 3.67. The lowest BCUT2D eigenvalue weighted by Crippen LogP contribution is -2.63. The highest BCUT2D eigenvalue weighted by Gasteiger charge is 2.84. The molecule has 3 nitrogen and oxygen atoms in total. The predicted octanol–water partition coefficient (Wildman–Crippen LogP) is 6.72. The first-order chi connectivity index (χ1) is 13.3. The highest BCUT2D eigenvalue weighted by Crippen LogP contribution is 2.58. The SMILES string of the molecule is CC(C)(C)c1cc(SC(F)(F)C(F)(F)C(F)(F)C(F)(F)S(=O)(=O)O)cc(C(C)(C)C)c1. The second-order valence-electron chi connectivity index (χ2n) is 9.01. The van der Waals surface area contributed by atoms with Crippen LogP contribution in [0, 0.1) is 0 Å². The summed E-state index contributed by atoms with van der Waals surface area (Å²) in [5.41, 5.74) is -0.569. The molecule has 1 N–H and O–H groups in total. The van der Waals surface area contributed by atoms with Gasteiger partial charge in [-0.1, -0.05) is 47.6 Å². The van der Waals surface area contributed by atoms with Crippen molar-refractivity contribution in [3.8, 4) is 0 Å². The standard InChI is InChI=1S/C18H22F8O3S2/c1-13(2,3)10-7-11(14(4,5)6)9-12(8-10)30-17(23,24)15(19,20)16(21,22)18(25,26)31(27,28)29/h7-9H,1-6H3,(H,27,28,29). The summed E-state index contributed by atoms with van der Waals surface area (Å²) in [6.45, 7) is 10.1. The van der Waals surface area contributed by atoms with Gasteiger partial charge in [-0.3, -0.25) is 4.55 Å². The van der Waals surface area contributed by atoms with Crippen LogP contribution >= 0.6 is 11.8 Å². The van der Waals surface area contributed by atoms with Crippen molar-refractivity contribution in [3.63, 3.8) is 0 Å². The van der Waals surface area contributed by atoms with Crippen LogP contribution in [0.4, 0.5) is 35.1 Å². The van der Waals surface area contributed by atoms with E-state index in [9.17, 15) is 43.5 Å². The highest BCUT2D eigenvalue weighted by atomic mass is 32.2. The van der Waals surface area contributed by atoms with Gasteiger partial charge in [-0.15, -0.1) is 0 Å². The van der Waals surface area contributed by atoms with Crippen LogP contribution < -0.4 is 0 Å². The van der Waals surface area contributed by atoms with E-state index in [1.807, 2.05) is 0 Å². The molecule has 31 heavy (non-hydrogen) atoms. The minimum atomic E-state index is -7.13. The molecular weight excluding hydrogens is 480 g/mol. The zero-order valence-corrected chi connectivity index (χ0v) is 19.0. The molecule has 0 unspecified atom stereocenters. The van der Waals surface area contributed by atoms with Crippen molar-refractivity contribution in [2.45, 2.75) is 79.6 Å². The van der Waals surface area contributed by atoms with Crippen LogP contribution in [0.3, 0.4) is 0 Å². The van der Waals surface area contributed by atoms with Gasteiger partial charge in [0.2, 0.25) is 0 Å². The topological polar surface area (TPSA) is 54.4 Å². The Morgan fingerprint density at radius 3 is 1.35 bits per heavy atom. The highest BCUT2D eigenvalue weighted by molar-refractivity contribution is 8.00. The van der Waals surface area contributed by atoms with Gasteiger partial charge in [-0.05, 0) is 45.9 Å². The van der Waals surface area contributed by atoms with Crippen molar-refractivity contribution in [1.29, 1.82) is 0 Å². The van der Waals surface area contributed by atoms with E-state index in [0.29, 0.717) is 11.1 Å². The van der Waals surface area contributed by atoms with E-state index in [-0.39, 0.29) is 0 Å². The minimum Gasteiger partial charge on any atom is -0.281 e. The van der Waals surface area contributed by atoms with E-state index in [0.717, 1.165) is 12.1 Å². The molecule has 0 aliphatic carbocycles. The fraction of sp³-hybridized carbons (Fsp3) is 0.667. The van der Waals surface area contributed by atoms with Crippen LogP contribution in [0.15, 0.2) is 23.1 Å². The van der Waals surface area contributed by atoms with E-state index >= 15 is 0 Å². The molecule has 0 spiro atoms. The molecule has 0 fully saturated rings. The first kappa shape index (κ1) is 28.0. The molecule has 0 bridgehead atoms. The molecule has 0 radical (unpaired) electrons. The number of hydrogen-bond donors (Lipinski definition) is 1. The van der Waals surface area contributed by atoms with Crippen LogP contribution in [0.1, 0.15) is 52.7 Å². The molecule has 1 aromatic rings. The molecule has 0 amide bonds. The Kier molecular flexibility index (Phi) is 6.99. The van der Waals surface area contributed by atoms with Gasteiger partial charge in [0.1, 0.15) is 0 Å². The van der Waals surface area contributed by atoms with Crippen molar-refractivity contribution in [2.24, 2.45) is 0 Å². The number of alkyl halides is 8. The molecule has 1 aromatic carbocycles. The quantitative estimate of drug-likeness (QED) is 0.267. The lowest BCUT2D eigenvalue weighted by atomic mass is 9.81. The van der Waals surface area contributed by atoms with Crippen LogP contribution in [-0.2, 0) is 20.9 Å². The smallest absolute Gasteiger partial charge is 0.281 e. The monoisotopic (exact) mass is 502 g/mol. The molecule has 0 aliphatic heterocycles. The minimum absolute atomic E-state index is 0.386. The second-order valence-corrected chi connectivity index (χ2v) is 11.7. The molecule has 1 rings (SSSR count). The summed E-state index contributed by atoms with van der Waals surface area (Å²) in [6.07, 6.45) is 0. The number of rotatable bonds is 6. The molecule has 0 saturated heterocycles. The van der Waals surface area contributed by atoms with Gasteiger partial charge in [0, 0.05) is 4.90 Å². The van der Waals surface area contributed by atoms with E-state index in [1.54, 1.807) is 47.6 Å². The lowest BCUT2D eigenvalue weighted by molar-refractivity contribution is -0.325. The third-order valence-electron chi connectivity index (χ3n) is 4.33. The maximum atomic E-state index is 14.3. The summed E-state index contributed by atoms with van der Waals surface area (Å²) in [5.74, 6) is -14.0. The van der Waals surface area contributed by atoms with Crippen molar-refractivity contribution in [1.82, 2.24) is 0 Å². The Hall–Kier alpha value is -1.08. The van der Waals surface area contributed by atoms with Crippen molar-refractivity contribution in [3.05, 3.63) is 29.3 Å². The third-order valence-corrected chi connectivity index (χ3v) is 6.22. The maximum absolute atomic E-state index is 14.3. The van der Waals surface area contributed by atoms with Crippen molar-refractivity contribution < 1.29 is 48.1 Å². The molecule has 0 aromatic heterocycles. The van der Waals surface area contributed by atoms with Crippen LogP contribution in [-0.4, -0.2) is 35.3 Å². The summed E-state index contributed by atoms with van der Waals surface area (Å²) in [5, 5.41) is -12.7. The Labute approximate surface area is 179 Å². The fourth-order valence-corrected chi connectivity index (χ4v) is 3.64. The van der Waals surface area contributed by atoms with Gasteiger partial charge in [0.15, 0.2) is 0 Å². The Balaban J connectivity index is 3.60. The maximum Gasteiger partial charge on any atom is 0.438 e. The third kappa shape index (κ3) is 5.13. The zero-order valence-electron chi connectivity index (χ0n) is 17.3. The molecule has 0 atom stereocenters. The van der Waals surface area contributed by atoms with Gasteiger partial charge < -0.3 is 0 Å². The summed E-state index contributed by atoms with van der Waals surface area (Å²) < 4.78 is 140. The van der Waals surface area contributed by atoms with Gasteiger partial charge in [0.05, 0.1) is 0 Å². The first-order valence-electron chi connectivity index (χ1n) is 8.62. The summed E-state index contributed by atoms with van der Waals surface area (Å²) in [7, 11) is -7.13. The van der Waals surface area contributed by atoms with Gasteiger partial charge in [-0.25, -0.2) is 0 Å². The van der Waals surface area contributed by atoms with E-state index in [1.165, 1.54) is 0 Å². The first-order valence-corrected chi connectivity index (χ1v) is 10.9. The summed E-state index contributed by atoms with van der Waals surface area (Å²) in [4.78, 5) is -0.618. The number of thioether (sulfide) groups is 1. The lowest BCUT2D eigenvalue weighted by Gasteiger charge is -2.35. The Morgan fingerprint density at radius 1 is 0.710 bits per heavy atom. The van der Waals surface area contributed by atoms with Gasteiger partial charge in [-0.2, -0.15) is 43.5 Å². The summed E-state index contributed by atoms with van der Waals surface area (Å²) >= 11 is -1.11. The number of hydrogen-bond acceptors (Lipinski definition) is 3. The van der Waals surface area contributed by atoms with Crippen molar-refractivity contribution >= 4 is 21.9 Å². The van der Waals surface area contributed by atoms with E-state index < -0.39 is 60.0 Å². The normalized spacial score (nSPS) is 15.3. The number of halogens is 8. The van der Waals surface area contributed by atoms with Gasteiger partial charge >= 0.3 is 32.5 Å². The average Bonchev–Trinajstić information content (AvgIpc) is 2.50. The molecular formula is C18H22F8O3S2. The second kappa shape index (κ2) is 7.75. The largest absolute Gasteiger partial charge is 0.438 e. The average molecular weight is 502 g/mol. The van der Waals surface area contributed by atoms with E-state index in [2.05, 4.69) is 0 Å².